The van der Waals surface area contributed by atoms with Crippen molar-refractivity contribution in [2.45, 2.75) is 0 Å². The van der Waals surface area contributed by atoms with Gasteiger partial charge in [-0.15, -0.1) is 5.10 Å². The highest BCUT2D eigenvalue weighted by Crippen LogP contribution is 2.13. The van der Waals surface area contributed by atoms with Crippen molar-refractivity contribution in [3.63, 3.8) is 0 Å². The maximum Gasteiger partial charge on any atom is 0.201 e. The van der Waals surface area contributed by atoms with E-state index in [0.717, 1.165) is 9.99 Å². The summed E-state index contributed by atoms with van der Waals surface area (Å²) < 4.78 is 2.63. The Morgan fingerprint density at radius 2 is 2.36 bits per heavy atom. The number of aromatic nitrogens is 4. The standard InChI is InChI=1S/C6H5BrN4/c1-11-5-2-4(7)3-8-6(5)9-10-11/h2-3H,1H3. The van der Waals surface area contributed by atoms with Crippen molar-refractivity contribution < 1.29 is 0 Å². The average Bonchev–Trinajstić information content (AvgIpc) is 2.33. The normalized spacial score (nSPS) is 10.7. The van der Waals surface area contributed by atoms with Gasteiger partial charge in [-0.25, -0.2) is 9.67 Å². The number of pyridine rings is 1. The van der Waals surface area contributed by atoms with Crippen molar-refractivity contribution in [3.05, 3.63) is 16.7 Å². The molecule has 0 atom stereocenters. The van der Waals surface area contributed by atoms with Gasteiger partial charge in [-0.2, -0.15) is 0 Å². The Bertz CT molecular complexity index is 394. The Kier molecular flexibility index (Phi) is 1.38. The molecule has 0 aliphatic heterocycles. The Morgan fingerprint density at radius 3 is 3.18 bits per heavy atom. The van der Waals surface area contributed by atoms with Crippen LogP contribution in [-0.2, 0) is 7.05 Å². The fraction of sp³-hybridized carbons (Fsp3) is 0.167. The molecule has 0 unspecified atom stereocenters. The van der Waals surface area contributed by atoms with E-state index in [4.69, 9.17) is 0 Å². The molecule has 2 heterocycles. The van der Waals surface area contributed by atoms with Crippen LogP contribution in [0.25, 0.3) is 11.2 Å². The molecule has 2 aromatic rings. The highest BCUT2D eigenvalue weighted by atomic mass is 79.9. The Labute approximate surface area is 71.4 Å². The summed E-state index contributed by atoms with van der Waals surface area (Å²) >= 11 is 3.32. The van der Waals surface area contributed by atoms with Crippen LogP contribution in [-0.4, -0.2) is 20.0 Å². The summed E-state index contributed by atoms with van der Waals surface area (Å²) in [6.45, 7) is 0. The lowest BCUT2D eigenvalue weighted by Crippen LogP contribution is -1.89. The van der Waals surface area contributed by atoms with Crippen molar-refractivity contribution in [3.8, 4) is 0 Å². The van der Waals surface area contributed by atoms with Gasteiger partial charge in [-0.3, -0.25) is 0 Å². The van der Waals surface area contributed by atoms with Crippen molar-refractivity contribution >= 4 is 27.1 Å². The molecule has 56 valence electrons. The molecule has 0 aromatic carbocycles. The summed E-state index contributed by atoms with van der Waals surface area (Å²) in [5.74, 6) is 0. The van der Waals surface area contributed by atoms with E-state index in [-0.39, 0.29) is 0 Å². The molecule has 2 rings (SSSR count). The van der Waals surface area contributed by atoms with Gasteiger partial charge in [0, 0.05) is 17.7 Å². The van der Waals surface area contributed by atoms with Crippen LogP contribution in [0.4, 0.5) is 0 Å². The minimum atomic E-state index is 0.677. The fourth-order valence-electron chi connectivity index (χ4n) is 0.894. The van der Waals surface area contributed by atoms with Gasteiger partial charge in [0.25, 0.3) is 0 Å². The minimum Gasteiger partial charge on any atom is -0.246 e. The van der Waals surface area contributed by atoms with E-state index in [1.165, 1.54) is 0 Å². The summed E-state index contributed by atoms with van der Waals surface area (Å²) in [6, 6.07) is 1.93. The van der Waals surface area contributed by atoms with Crippen LogP contribution in [0, 0.1) is 0 Å². The Hall–Kier alpha value is -0.970. The predicted octanol–water partition coefficient (Wildman–Crippen LogP) is 1.13. The van der Waals surface area contributed by atoms with Crippen LogP contribution in [0.3, 0.4) is 0 Å². The number of halogens is 1. The van der Waals surface area contributed by atoms with Gasteiger partial charge in [-0.05, 0) is 22.0 Å². The highest BCUT2D eigenvalue weighted by Gasteiger charge is 2.01. The molecule has 0 amide bonds. The van der Waals surface area contributed by atoms with E-state index in [9.17, 15) is 0 Å². The monoisotopic (exact) mass is 212 g/mol. The van der Waals surface area contributed by atoms with Gasteiger partial charge in [-0.1, -0.05) is 5.21 Å². The number of hydrogen-bond acceptors (Lipinski definition) is 3. The lowest BCUT2D eigenvalue weighted by molar-refractivity contribution is 0.736. The minimum absolute atomic E-state index is 0.677. The summed E-state index contributed by atoms with van der Waals surface area (Å²) in [4.78, 5) is 4.06. The molecular weight excluding hydrogens is 208 g/mol. The first kappa shape index (κ1) is 6.72. The molecule has 0 bridgehead atoms. The number of fused-ring (bicyclic) bond motifs is 1. The average molecular weight is 213 g/mol. The van der Waals surface area contributed by atoms with E-state index in [2.05, 4.69) is 31.2 Å². The molecule has 0 aliphatic rings. The first-order chi connectivity index (χ1) is 5.27. The zero-order valence-electron chi connectivity index (χ0n) is 5.82. The summed E-state index contributed by atoms with van der Waals surface area (Å²) in [5.41, 5.74) is 1.61. The molecular formula is C6H5BrN4. The second kappa shape index (κ2) is 2.27. The molecule has 0 N–H and O–H groups in total. The fourth-order valence-corrected chi connectivity index (χ4v) is 1.21. The smallest absolute Gasteiger partial charge is 0.201 e. The molecule has 0 saturated carbocycles. The molecule has 11 heavy (non-hydrogen) atoms. The van der Waals surface area contributed by atoms with Crippen LogP contribution in [0.1, 0.15) is 0 Å². The Morgan fingerprint density at radius 1 is 1.55 bits per heavy atom. The second-order valence-corrected chi connectivity index (χ2v) is 3.12. The largest absolute Gasteiger partial charge is 0.246 e. The third-order valence-electron chi connectivity index (χ3n) is 1.44. The van der Waals surface area contributed by atoms with Gasteiger partial charge in [0.1, 0.15) is 5.52 Å². The number of hydrogen-bond donors (Lipinski definition) is 0. The molecule has 5 heteroatoms. The van der Waals surface area contributed by atoms with Gasteiger partial charge in [0.15, 0.2) is 0 Å². The molecule has 0 aliphatic carbocycles. The van der Waals surface area contributed by atoms with Crippen molar-refractivity contribution in [1.82, 2.24) is 20.0 Å². The SMILES string of the molecule is Cn1nnc2ncc(Br)cc21. The van der Waals surface area contributed by atoms with Gasteiger partial charge in [0.05, 0.1) is 0 Å². The van der Waals surface area contributed by atoms with E-state index in [0.29, 0.717) is 5.65 Å². The molecule has 2 aromatic heterocycles. The van der Waals surface area contributed by atoms with Crippen molar-refractivity contribution in [1.29, 1.82) is 0 Å². The third-order valence-corrected chi connectivity index (χ3v) is 1.87. The summed E-state index contributed by atoms with van der Waals surface area (Å²) in [6.07, 6.45) is 1.71. The van der Waals surface area contributed by atoms with Crippen LogP contribution >= 0.6 is 15.9 Å². The quantitative estimate of drug-likeness (QED) is 0.658. The van der Waals surface area contributed by atoms with Gasteiger partial charge in [0.2, 0.25) is 5.65 Å². The van der Waals surface area contributed by atoms with Crippen LogP contribution in [0.15, 0.2) is 16.7 Å². The van der Waals surface area contributed by atoms with Gasteiger partial charge >= 0.3 is 0 Å². The van der Waals surface area contributed by atoms with Gasteiger partial charge < -0.3 is 0 Å². The second-order valence-electron chi connectivity index (χ2n) is 2.21. The molecule has 0 saturated heterocycles. The number of nitrogens with zero attached hydrogens (tertiary/aromatic N) is 4. The van der Waals surface area contributed by atoms with Crippen molar-refractivity contribution in [2.24, 2.45) is 7.05 Å². The topological polar surface area (TPSA) is 43.6 Å². The number of aryl methyl sites for hydroxylation is 1. The lowest BCUT2D eigenvalue weighted by Gasteiger charge is -1.90. The predicted molar refractivity (Wildman–Crippen MR) is 44.0 cm³/mol. The number of rotatable bonds is 0. The zero-order chi connectivity index (χ0) is 7.84. The maximum atomic E-state index is 4.06. The van der Waals surface area contributed by atoms with E-state index < -0.39 is 0 Å². The van der Waals surface area contributed by atoms with E-state index in [1.54, 1.807) is 10.9 Å². The van der Waals surface area contributed by atoms with Crippen LogP contribution in [0.2, 0.25) is 0 Å². The molecule has 4 nitrogen and oxygen atoms in total. The highest BCUT2D eigenvalue weighted by molar-refractivity contribution is 9.10. The zero-order valence-corrected chi connectivity index (χ0v) is 7.41. The molecule has 0 spiro atoms. The van der Waals surface area contributed by atoms with Crippen molar-refractivity contribution in [2.75, 3.05) is 0 Å². The third kappa shape index (κ3) is 1.01. The molecule has 0 radical (unpaired) electrons. The first-order valence-corrected chi connectivity index (χ1v) is 3.87. The Balaban J connectivity index is 2.87. The maximum absolute atomic E-state index is 4.06. The van der Waals surface area contributed by atoms with Crippen LogP contribution < -0.4 is 0 Å². The molecule has 0 fully saturated rings. The summed E-state index contributed by atoms with van der Waals surface area (Å²) in [7, 11) is 1.84. The van der Waals surface area contributed by atoms with Crippen LogP contribution in [0.5, 0.6) is 0 Å². The first-order valence-electron chi connectivity index (χ1n) is 3.08. The summed E-state index contributed by atoms with van der Waals surface area (Å²) in [5, 5.41) is 7.66. The van der Waals surface area contributed by atoms with E-state index in [1.807, 2.05) is 13.1 Å². The van der Waals surface area contributed by atoms with E-state index >= 15 is 0 Å². The lowest BCUT2D eigenvalue weighted by atomic mass is 10.4.